The van der Waals surface area contributed by atoms with E-state index in [1.165, 1.54) is 16.8 Å². The van der Waals surface area contributed by atoms with Crippen LogP contribution in [0.15, 0.2) is 22.7 Å². The van der Waals surface area contributed by atoms with Crippen molar-refractivity contribution in [3.8, 4) is 0 Å². The molecule has 100 valence electrons. The Bertz CT molecular complexity index is 602. The molecule has 2 aromatic rings. The van der Waals surface area contributed by atoms with E-state index in [4.69, 9.17) is 4.74 Å². The second kappa shape index (κ2) is 5.87. The molecule has 2 rings (SSSR count). The van der Waals surface area contributed by atoms with E-state index in [0.717, 1.165) is 5.56 Å². The van der Waals surface area contributed by atoms with Crippen LogP contribution in [-0.4, -0.2) is 32.8 Å². The van der Waals surface area contributed by atoms with Gasteiger partial charge in [-0.05, 0) is 35.0 Å². The molecule has 0 spiro atoms. The van der Waals surface area contributed by atoms with Crippen molar-refractivity contribution in [3.05, 3.63) is 39.9 Å². The molecule has 1 aromatic heterocycles. The molecular formula is C11H10BrFN4O2. The van der Waals surface area contributed by atoms with E-state index in [1.54, 1.807) is 13.0 Å². The van der Waals surface area contributed by atoms with E-state index in [9.17, 15) is 9.18 Å². The molecule has 19 heavy (non-hydrogen) atoms. The lowest BCUT2D eigenvalue weighted by atomic mass is 10.2. The highest BCUT2D eigenvalue weighted by Gasteiger charge is 2.17. The van der Waals surface area contributed by atoms with Gasteiger partial charge in [0.1, 0.15) is 5.82 Å². The van der Waals surface area contributed by atoms with Gasteiger partial charge in [-0.25, -0.2) is 13.9 Å². The zero-order valence-electron chi connectivity index (χ0n) is 10.0. The Labute approximate surface area is 116 Å². The Hall–Kier alpha value is -1.83. The smallest absolute Gasteiger partial charge is 0.378 e. The molecule has 0 radical (unpaired) electrons. The number of carbonyl (C=O) groups excluding carboxylic acids is 1. The predicted octanol–water partition coefficient (Wildman–Crippen LogP) is 1.80. The van der Waals surface area contributed by atoms with Gasteiger partial charge < -0.3 is 4.74 Å². The van der Waals surface area contributed by atoms with Gasteiger partial charge in [-0.2, -0.15) is 0 Å². The highest BCUT2D eigenvalue weighted by molar-refractivity contribution is 9.10. The molecular weight excluding hydrogens is 319 g/mol. The minimum atomic E-state index is -0.592. The summed E-state index contributed by atoms with van der Waals surface area (Å²) >= 11 is 3.25. The van der Waals surface area contributed by atoms with Gasteiger partial charge in [0.05, 0.1) is 13.2 Å². The van der Waals surface area contributed by atoms with E-state index >= 15 is 0 Å². The maximum atomic E-state index is 13.0. The normalized spacial score (nSPS) is 10.5. The van der Waals surface area contributed by atoms with Crippen molar-refractivity contribution >= 4 is 21.9 Å². The fourth-order valence-corrected chi connectivity index (χ4v) is 1.94. The fraction of sp³-hybridized carbons (Fsp3) is 0.273. The first-order chi connectivity index (χ1) is 9.11. The third kappa shape index (κ3) is 3.14. The fourth-order valence-electron chi connectivity index (χ4n) is 1.46. The van der Waals surface area contributed by atoms with Crippen LogP contribution >= 0.6 is 15.9 Å². The van der Waals surface area contributed by atoms with Gasteiger partial charge in [0, 0.05) is 4.47 Å². The molecule has 0 saturated heterocycles. The number of tetrazole rings is 1. The maximum Gasteiger partial charge on any atom is 0.378 e. The number of esters is 1. The number of carbonyl (C=O) groups is 1. The van der Waals surface area contributed by atoms with E-state index in [0.29, 0.717) is 4.47 Å². The third-order valence-corrected chi connectivity index (χ3v) is 3.06. The van der Waals surface area contributed by atoms with E-state index in [1.807, 2.05) is 0 Å². The van der Waals surface area contributed by atoms with E-state index in [2.05, 4.69) is 31.5 Å². The minimum absolute atomic E-state index is 0.0121. The highest BCUT2D eigenvalue weighted by Crippen LogP contribution is 2.19. The summed E-state index contributed by atoms with van der Waals surface area (Å²) in [4.78, 5) is 11.6. The number of hydrogen-bond acceptors (Lipinski definition) is 5. The summed E-state index contributed by atoms with van der Waals surface area (Å²) in [5, 5.41) is 10.8. The zero-order chi connectivity index (χ0) is 13.8. The van der Waals surface area contributed by atoms with Crippen molar-refractivity contribution in [2.75, 3.05) is 6.61 Å². The number of benzene rings is 1. The Balaban J connectivity index is 2.24. The summed E-state index contributed by atoms with van der Waals surface area (Å²) in [7, 11) is 0. The molecule has 0 aliphatic heterocycles. The van der Waals surface area contributed by atoms with Crippen LogP contribution in [0.25, 0.3) is 0 Å². The average molecular weight is 329 g/mol. The van der Waals surface area contributed by atoms with Crippen LogP contribution in [0.2, 0.25) is 0 Å². The molecule has 1 heterocycles. The molecule has 0 bridgehead atoms. The van der Waals surface area contributed by atoms with Crippen molar-refractivity contribution in [3.63, 3.8) is 0 Å². The molecule has 1 aromatic carbocycles. The molecule has 8 heteroatoms. The van der Waals surface area contributed by atoms with Crippen molar-refractivity contribution < 1.29 is 13.9 Å². The Morgan fingerprint density at radius 2 is 2.32 bits per heavy atom. The average Bonchev–Trinajstić information content (AvgIpc) is 2.81. The molecule has 0 unspecified atom stereocenters. The van der Waals surface area contributed by atoms with Gasteiger partial charge in [-0.1, -0.05) is 22.0 Å². The number of hydrogen-bond donors (Lipinski definition) is 0. The summed E-state index contributed by atoms with van der Waals surface area (Å²) in [6.07, 6.45) is 0. The van der Waals surface area contributed by atoms with Crippen molar-refractivity contribution in [2.45, 2.75) is 13.5 Å². The summed E-state index contributed by atoms with van der Waals surface area (Å²) in [5.74, 6) is -0.929. The molecule has 0 N–H and O–H groups in total. The molecule has 0 amide bonds. The number of nitrogens with zero attached hydrogens (tertiary/aromatic N) is 4. The monoisotopic (exact) mass is 328 g/mol. The molecule has 6 nitrogen and oxygen atoms in total. The van der Waals surface area contributed by atoms with Gasteiger partial charge in [0.2, 0.25) is 0 Å². The van der Waals surface area contributed by atoms with Crippen LogP contribution in [-0.2, 0) is 11.3 Å². The molecule has 0 aliphatic carbocycles. The van der Waals surface area contributed by atoms with Gasteiger partial charge >= 0.3 is 5.97 Å². The molecule has 0 atom stereocenters. The number of aromatic nitrogens is 4. The van der Waals surface area contributed by atoms with Gasteiger partial charge in [0.25, 0.3) is 5.82 Å². The largest absolute Gasteiger partial charge is 0.460 e. The quantitative estimate of drug-likeness (QED) is 0.800. The third-order valence-electron chi connectivity index (χ3n) is 2.33. The van der Waals surface area contributed by atoms with Crippen LogP contribution in [0.3, 0.4) is 0 Å². The van der Waals surface area contributed by atoms with Gasteiger partial charge in [-0.3, -0.25) is 0 Å². The molecule has 0 saturated carbocycles. The predicted molar refractivity (Wildman–Crippen MR) is 67.0 cm³/mol. The summed E-state index contributed by atoms with van der Waals surface area (Å²) in [6.45, 7) is 2.18. The van der Waals surface area contributed by atoms with Gasteiger partial charge in [0.15, 0.2) is 0 Å². The maximum absolute atomic E-state index is 13.0. The number of halogens is 2. The Morgan fingerprint density at radius 1 is 1.53 bits per heavy atom. The second-order valence-electron chi connectivity index (χ2n) is 3.62. The zero-order valence-corrected chi connectivity index (χ0v) is 11.6. The summed E-state index contributed by atoms with van der Waals surface area (Å²) in [5.41, 5.74) is 0.749. The van der Waals surface area contributed by atoms with E-state index < -0.39 is 5.97 Å². The van der Waals surface area contributed by atoms with Crippen molar-refractivity contribution in [1.82, 2.24) is 20.2 Å². The first kappa shape index (κ1) is 13.6. The molecule has 0 aliphatic rings. The highest BCUT2D eigenvalue weighted by atomic mass is 79.9. The van der Waals surface area contributed by atoms with Crippen LogP contribution in [0.5, 0.6) is 0 Å². The lowest BCUT2D eigenvalue weighted by molar-refractivity contribution is 0.0505. The van der Waals surface area contributed by atoms with Crippen LogP contribution in [0.1, 0.15) is 23.1 Å². The van der Waals surface area contributed by atoms with Crippen molar-refractivity contribution in [2.24, 2.45) is 0 Å². The van der Waals surface area contributed by atoms with Crippen molar-refractivity contribution in [1.29, 1.82) is 0 Å². The SMILES string of the molecule is CCOC(=O)c1nnnn1Cc1ccc(F)cc1Br. The summed E-state index contributed by atoms with van der Waals surface area (Å²) < 4.78 is 19.7. The van der Waals surface area contributed by atoms with E-state index in [-0.39, 0.29) is 24.8 Å². The number of rotatable bonds is 4. The van der Waals surface area contributed by atoms with Crippen LogP contribution in [0.4, 0.5) is 4.39 Å². The standard InChI is InChI=1S/C11H10BrFN4O2/c1-2-19-11(18)10-14-15-16-17(10)6-7-3-4-8(13)5-9(7)12/h3-5H,2,6H2,1H3. The first-order valence-corrected chi connectivity index (χ1v) is 6.28. The Kier molecular flexibility index (Phi) is 4.20. The van der Waals surface area contributed by atoms with Gasteiger partial charge in [-0.15, -0.1) is 5.10 Å². The Morgan fingerprint density at radius 3 is 3.00 bits per heavy atom. The topological polar surface area (TPSA) is 69.9 Å². The number of ether oxygens (including phenoxy) is 1. The summed E-state index contributed by atoms with van der Waals surface area (Å²) in [6, 6.07) is 4.26. The molecule has 0 fully saturated rings. The lowest BCUT2D eigenvalue weighted by Crippen LogP contribution is -2.15. The second-order valence-corrected chi connectivity index (χ2v) is 4.47. The first-order valence-electron chi connectivity index (χ1n) is 5.49. The minimum Gasteiger partial charge on any atom is -0.460 e. The lowest BCUT2D eigenvalue weighted by Gasteiger charge is -2.06. The van der Waals surface area contributed by atoms with Crippen LogP contribution < -0.4 is 0 Å². The van der Waals surface area contributed by atoms with Crippen LogP contribution in [0, 0.1) is 5.82 Å².